The number of morpholine rings is 1. The number of aromatic nitrogens is 4. The molecule has 1 aliphatic heterocycles. The molecular formula is C17H19N5OS. The van der Waals surface area contributed by atoms with E-state index in [-0.39, 0.29) is 12.2 Å². The SMILES string of the molecule is Cc1ccn(-c2ccc(N3CC(C)OC(c4ccsc4)C3)nn2)n1. The van der Waals surface area contributed by atoms with E-state index < -0.39 is 0 Å². The number of thiophene rings is 1. The van der Waals surface area contributed by atoms with Crippen LogP contribution in [-0.4, -0.2) is 39.2 Å². The van der Waals surface area contributed by atoms with Crippen LogP contribution in [-0.2, 0) is 4.74 Å². The highest BCUT2D eigenvalue weighted by Gasteiger charge is 2.27. The van der Waals surface area contributed by atoms with Gasteiger partial charge in [0.25, 0.3) is 0 Å². The zero-order valence-corrected chi connectivity index (χ0v) is 14.5. The summed E-state index contributed by atoms with van der Waals surface area (Å²) in [7, 11) is 0. The first-order valence-electron chi connectivity index (χ1n) is 7.98. The number of hydrogen-bond donors (Lipinski definition) is 0. The number of anilines is 1. The second-order valence-electron chi connectivity index (χ2n) is 6.05. The van der Waals surface area contributed by atoms with Gasteiger partial charge in [0, 0.05) is 19.3 Å². The van der Waals surface area contributed by atoms with E-state index in [9.17, 15) is 0 Å². The van der Waals surface area contributed by atoms with Crippen LogP contribution >= 0.6 is 11.3 Å². The Bertz CT molecular complexity index is 799. The van der Waals surface area contributed by atoms with Crippen molar-refractivity contribution in [1.82, 2.24) is 20.0 Å². The molecule has 1 saturated heterocycles. The number of hydrogen-bond acceptors (Lipinski definition) is 6. The molecule has 0 bridgehead atoms. The molecule has 0 amide bonds. The van der Waals surface area contributed by atoms with Crippen LogP contribution < -0.4 is 4.90 Å². The highest BCUT2D eigenvalue weighted by Crippen LogP contribution is 2.28. The van der Waals surface area contributed by atoms with Crippen LogP contribution in [0.3, 0.4) is 0 Å². The summed E-state index contributed by atoms with van der Waals surface area (Å²) in [4.78, 5) is 2.24. The van der Waals surface area contributed by atoms with E-state index >= 15 is 0 Å². The maximum Gasteiger partial charge on any atom is 0.175 e. The minimum Gasteiger partial charge on any atom is -0.367 e. The fourth-order valence-corrected chi connectivity index (χ4v) is 3.63. The van der Waals surface area contributed by atoms with Gasteiger partial charge in [-0.3, -0.25) is 0 Å². The average Bonchev–Trinajstić information content (AvgIpc) is 3.26. The van der Waals surface area contributed by atoms with Crippen molar-refractivity contribution in [2.75, 3.05) is 18.0 Å². The molecule has 0 spiro atoms. The normalized spacial score (nSPS) is 21.2. The van der Waals surface area contributed by atoms with Gasteiger partial charge in [0.05, 0.1) is 11.8 Å². The maximum absolute atomic E-state index is 6.08. The Morgan fingerprint density at radius 2 is 1.96 bits per heavy atom. The molecule has 124 valence electrons. The van der Waals surface area contributed by atoms with Crippen LogP contribution in [0.1, 0.15) is 24.3 Å². The van der Waals surface area contributed by atoms with Gasteiger partial charge in [-0.15, -0.1) is 10.2 Å². The van der Waals surface area contributed by atoms with E-state index in [1.165, 1.54) is 5.56 Å². The van der Waals surface area contributed by atoms with Crippen molar-refractivity contribution in [2.45, 2.75) is 26.1 Å². The maximum atomic E-state index is 6.08. The molecule has 2 atom stereocenters. The highest BCUT2D eigenvalue weighted by molar-refractivity contribution is 7.07. The summed E-state index contributed by atoms with van der Waals surface area (Å²) >= 11 is 1.70. The smallest absolute Gasteiger partial charge is 0.175 e. The van der Waals surface area contributed by atoms with Gasteiger partial charge in [-0.1, -0.05) is 0 Å². The van der Waals surface area contributed by atoms with Crippen molar-refractivity contribution in [3.63, 3.8) is 0 Å². The third-order valence-corrected chi connectivity index (χ3v) is 4.79. The molecule has 0 aromatic carbocycles. The molecule has 2 unspecified atom stereocenters. The van der Waals surface area contributed by atoms with Crippen LogP contribution in [0.4, 0.5) is 5.82 Å². The second-order valence-corrected chi connectivity index (χ2v) is 6.83. The van der Waals surface area contributed by atoms with Gasteiger partial charge in [0.2, 0.25) is 0 Å². The first-order chi connectivity index (χ1) is 11.7. The monoisotopic (exact) mass is 341 g/mol. The van der Waals surface area contributed by atoms with Gasteiger partial charge < -0.3 is 9.64 Å². The molecule has 0 saturated carbocycles. The largest absolute Gasteiger partial charge is 0.367 e. The van der Waals surface area contributed by atoms with Gasteiger partial charge in [0.15, 0.2) is 11.6 Å². The van der Waals surface area contributed by atoms with Crippen LogP contribution in [0.2, 0.25) is 0 Å². The highest BCUT2D eigenvalue weighted by atomic mass is 32.1. The molecule has 24 heavy (non-hydrogen) atoms. The van der Waals surface area contributed by atoms with Gasteiger partial charge >= 0.3 is 0 Å². The van der Waals surface area contributed by atoms with Crippen molar-refractivity contribution < 1.29 is 4.74 Å². The summed E-state index contributed by atoms with van der Waals surface area (Å²) in [5, 5.41) is 17.3. The Balaban J connectivity index is 1.54. The molecule has 0 N–H and O–H groups in total. The Morgan fingerprint density at radius 1 is 1.12 bits per heavy atom. The first kappa shape index (κ1) is 15.3. The lowest BCUT2D eigenvalue weighted by atomic mass is 10.1. The topological polar surface area (TPSA) is 56.1 Å². The lowest BCUT2D eigenvalue weighted by Gasteiger charge is -2.37. The molecule has 6 nitrogen and oxygen atoms in total. The third kappa shape index (κ3) is 3.05. The van der Waals surface area contributed by atoms with E-state index in [4.69, 9.17) is 4.74 Å². The Kier molecular flexibility index (Phi) is 4.03. The Morgan fingerprint density at radius 3 is 2.62 bits per heavy atom. The Labute approximate surface area is 144 Å². The molecule has 3 aromatic heterocycles. The van der Waals surface area contributed by atoms with E-state index in [1.807, 2.05) is 31.3 Å². The molecule has 0 radical (unpaired) electrons. The van der Waals surface area contributed by atoms with Crippen molar-refractivity contribution in [3.8, 4) is 5.82 Å². The molecule has 3 aromatic rings. The van der Waals surface area contributed by atoms with Crippen LogP contribution in [0.5, 0.6) is 0 Å². The zero-order chi connectivity index (χ0) is 16.5. The molecule has 1 fully saturated rings. The van der Waals surface area contributed by atoms with Crippen LogP contribution in [0, 0.1) is 6.92 Å². The molecule has 7 heteroatoms. The lowest BCUT2D eigenvalue weighted by Crippen LogP contribution is -2.43. The van der Waals surface area contributed by atoms with E-state index in [0.717, 1.165) is 30.4 Å². The van der Waals surface area contributed by atoms with E-state index in [2.05, 4.69) is 43.9 Å². The minimum absolute atomic E-state index is 0.0789. The minimum atomic E-state index is 0.0789. The third-order valence-electron chi connectivity index (χ3n) is 4.09. The second kappa shape index (κ2) is 6.33. The van der Waals surface area contributed by atoms with Crippen molar-refractivity contribution in [3.05, 3.63) is 52.5 Å². The number of nitrogens with zero attached hydrogens (tertiary/aromatic N) is 5. The lowest BCUT2D eigenvalue weighted by molar-refractivity contribution is -0.0174. The van der Waals surface area contributed by atoms with Crippen LogP contribution in [0.15, 0.2) is 41.2 Å². The standard InChI is InChI=1S/C17H19N5OS/c1-12-5-7-22(20-12)17-4-3-16(18-19-17)21-9-13(2)23-15(10-21)14-6-8-24-11-14/h3-8,11,13,15H,9-10H2,1-2H3. The summed E-state index contributed by atoms with van der Waals surface area (Å²) in [6.45, 7) is 5.66. The number of aryl methyl sites for hydroxylation is 1. The molecule has 4 heterocycles. The summed E-state index contributed by atoms with van der Waals surface area (Å²) in [5.74, 6) is 1.60. The summed E-state index contributed by atoms with van der Waals surface area (Å²) in [6, 6.07) is 8.03. The number of rotatable bonds is 3. The summed E-state index contributed by atoms with van der Waals surface area (Å²) in [5.41, 5.74) is 2.19. The predicted molar refractivity (Wildman–Crippen MR) is 93.7 cm³/mol. The van der Waals surface area contributed by atoms with E-state index in [0.29, 0.717) is 0 Å². The van der Waals surface area contributed by atoms with Gasteiger partial charge in [-0.05, 0) is 54.4 Å². The first-order valence-corrected chi connectivity index (χ1v) is 8.92. The fourth-order valence-electron chi connectivity index (χ4n) is 2.93. The van der Waals surface area contributed by atoms with Crippen molar-refractivity contribution in [1.29, 1.82) is 0 Å². The van der Waals surface area contributed by atoms with Gasteiger partial charge in [-0.2, -0.15) is 16.4 Å². The summed E-state index contributed by atoms with van der Waals surface area (Å²) in [6.07, 6.45) is 2.12. The molecule has 0 aliphatic carbocycles. The quantitative estimate of drug-likeness (QED) is 0.733. The molecule has 4 rings (SSSR count). The number of ether oxygens (including phenoxy) is 1. The fraction of sp³-hybridized carbons (Fsp3) is 0.353. The summed E-state index contributed by atoms with van der Waals surface area (Å²) < 4.78 is 7.82. The van der Waals surface area contributed by atoms with Gasteiger partial charge in [0.1, 0.15) is 6.10 Å². The van der Waals surface area contributed by atoms with Crippen LogP contribution in [0.25, 0.3) is 5.82 Å². The molecular weight excluding hydrogens is 322 g/mol. The Hall–Kier alpha value is -2.25. The predicted octanol–water partition coefficient (Wildman–Crippen LogP) is 3.00. The van der Waals surface area contributed by atoms with Gasteiger partial charge in [-0.25, -0.2) is 4.68 Å². The zero-order valence-electron chi connectivity index (χ0n) is 13.7. The molecule has 1 aliphatic rings. The van der Waals surface area contributed by atoms with E-state index in [1.54, 1.807) is 16.0 Å². The van der Waals surface area contributed by atoms with Crippen molar-refractivity contribution in [2.24, 2.45) is 0 Å². The van der Waals surface area contributed by atoms with Crippen molar-refractivity contribution >= 4 is 17.2 Å². The average molecular weight is 341 g/mol.